The van der Waals surface area contributed by atoms with Crippen molar-refractivity contribution in [3.05, 3.63) is 42.1 Å². The van der Waals surface area contributed by atoms with Crippen LogP contribution in [0.25, 0.3) is 10.9 Å². The summed E-state index contributed by atoms with van der Waals surface area (Å²) in [6.45, 7) is 2.36. The average Bonchev–Trinajstić information content (AvgIpc) is 2.71. The predicted octanol–water partition coefficient (Wildman–Crippen LogP) is 2.68. The minimum Gasteiger partial charge on any atom is -0.496 e. The Morgan fingerprint density at radius 3 is 2.89 bits per heavy atom. The number of fused-ring (bicyclic) bond motifs is 1. The van der Waals surface area contributed by atoms with Gasteiger partial charge in [-0.3, -0.25) is 0 Å². The number of methoxy groups -OCH3 is 1. The van der Waals surface area contributed by atoms with Gasteiger partial charge in [0.15, 0.2) is 0 Å². The number of allylic oxidation sites excluding steroid dienone is 1. The molecular formula is C14H15NO3. The van der Waals surface area contributed by atoms with E-state index in [0.717, 1.165) is 22.2 Å². The van der Waals surface area contributed by atoms with Crippen LogP contribution >= 0.6 is 0 Å². The Balaban J connectivity index is 2.38. The number of nitrogens with zero attached hydrogens (tertiary/aromatic N) is 1. The molecule has 4 nitrogen and oxygen atoms in total. The average molecular weight is 245 g/mol. The van der Waals surface area contributed by atoms with E-state index in [1.54, 1.807) is 14.0 Å². The monoisotopic (exact) mass is 245 g/mol. The molecule has 0 aliphatic carbocycles. The van der Waals surface area contributed by atoms with Gasteiger partial charge in [0.05, 0.1) is 12.6 Å². The Morgan fingerprint density at radius 2 is 2.22 bits per heavy atom. The molecule has 0 amide bonds. The van der Waals surface area contributed by atoms with E-state index in [0.29, 0.717) is 6.54 Å². The zero-order chi connectivity index (χ0) is 13.1. The molecule has 2 rings (SSSR count). The van der Waals surface area contributed by atoms with Gasteiger partial charge in [0.25, 0.3) is 0 Å². The first-order valence-corrected chi connectivity index (χ1v) is 5.64. The lowest BCUT2D eigenvalue weighted by Gasteiger charge is -2.06. The molecule has 0 saturated heterocycles. The van der Waals surface area contributed by atoms with Gasteiger partial charge >= 0.3 is 5.97 Å². The molecule has 0 fully saturated rings. The van der Waals surface area contributed by atoms with E-state index >= 15 is 0 Å². The number of aliphatic carboxylic acids is 1. The maximum absolute atomic E-state index is 10.6. The minimum atomic E-state index is -0.915. The van der Waals surface area contributed by atoms with Crippen molar-refractivity contribution in [3.8, 4) is 5.75 Å². The lowest BCUT2D eigenvalue weighted by molar-refractivity contribution is -0.131. The van der Waals surface area contributed by atoms with Crippen LogP contribution in [0.2, 0.25) is 0 Å². The fourth-order valence-electron chi connectivity index (χ4n) is 2.04. The van der Waals surface area contributed by atoms with Crippen LogP contribution in [0, 0.1) is 0 Å². The highest BCUT2D eigenvalue weighted by Gasteiger charge is 2.06. The molecule has 2 aromatic rings. The Morgan fingerprint density at radius 1 is 1.44 bits per heavy atom. The first-order valence-electron chi connectivity index (χ1n) is 5.64. The van der Waals surface area contributed by atoms with E-state index in [1.165, 1.54) is 6.08 Å². The van der Waals surface area contributed by atoms with Crippen LogP contribution in [0.4, 0.5) is 0 Å². The quantitative estimate of drug-likeness (QED) is 0.842. The molecule has 18 heavy (non-hydrogen) atoms. The third-order valence-electron chi connectivity index (χ3n) is 2.78. The molecule has 4 heteroatoms. The Labute approximate surface area is 105 Å². The molecule has 1 heterocycles. The maximum Gasteiger partial charge on any atom is 0.328 e. The van der Waals surface area contributed by atoms with Gasteiger partial charge in [-0.2, -0.15) is 0 Å². The zero-order valence-corrected chi connectivity index (χ0v) is 10.4. The summed E-state index contributed by atoms with van der Waals surface area (Å²) >= 11 is 0. The molecule has 0 spiro atoms. The number of rotatable bonds is 4. The number of hydrogen-bond acceptors (Lipinski definition) is 2. The normalized spacial score (nSPS) is 11.8. The second kappa shape index (κ2) is 4.96. The second-order valence-electron chi connectivity index (χ2n) is 4.17. The van der Waals surface area contributed by atoms with Crippen molar-refractivity contribution in [2.24, 2.45) is 0 Å². The van der Waals surface area contributed by atoms with Crippen LogP contribution in [0.3, 0.4) is 0 Å². The van der Waals surface area contributed by atoms with Crippen molar-refractivity contribution in [1.29, 1.82) is 0 Å². The fourth-order valence-corrected chi connectivity index (χ4v) is 2.04. The van der Waals surface area contributed by atoms with Gasteiger partial charge in [-0.25, -0.2) is 4.79 Å². The third kappa shape index (κ3) is 2.37. The summed E-state index contributed by atoms with van der Waals surface area (Å²) in [6, 6.07) is 7.80. The van der Waals surface area contributed by atoms with Crippen molar-refractivity contribution in [2.45, 2.75) is 13.5 Å². The largest absolute Gasteiger partial charge is 0.496 e. The summed E-state index contributed by atoms with van der Waals surface area (Å²) in [4.78, 5) is 10.6. The van der Waals surface area contributed by atoms with E-state index in [-0.39, 0.29) is 0 Å². The van der Waals surface area contributed by atoms with Crippen LogP contribution in [0.5, 0.6) is 5.75 Å². The summed E-state index contributed by atoms with van der Waals surface area (Å²) in [7, 11) is 1.64. The summed E-state index contributed by atoms with van der Waals surface area (Å²) in [5.41, 5.74) is 1.83. The molecular weight excluding hydrogens is 230 g/mol. The second-order valence-corrected chi connectivity index (χ2v) is 4.17. The number of benzene rings is 1. The summed E-state index contributed by atoms with van der Waals surface area (Å²) in [5, 5.41) is 9.73. The van der Waals surface area contributed by atoms with E-state index in [1.807, 2.05) is 35.0 Å². The maximum atomic E-state index is 10.6. The van der Waals surface area contributed by atoms with Crippen LogP contribution in [-0.2, 0) is 11.3 Å². The van der Waals surface area contributed by atoms with E-state index in [4.69, 9.17) is 9.84 Å². The number of ether oxygens (including phenoxy) is 1. The van der Waals surface area contributed by atoms with Gasteiger partial charge in [0.1, 0.15) is 5.75 Å². The predicted molar refractivity (Wildman–Crippen MR) is 69.9 cm³/mol. The summed E-state index contributed by atoms with van der Waals surface area (Å²) < 4.78 is 7.29. The van der Waals surface area contributed by atoms with Crippen LogP contribution in [0.1, 0.15) is 6.92 Å². The first-order chi connectivity index (χ1) is 8.61. The SMILES string of the molecule is COc1cccc2c1ccn2C/C(C)=C/C(=O)O. The molecule has 94 valence electrons. The van der Waals surface area contributed by atoms with Crippen molar-refractivity contribution in [3.63, 3.8) is 0 Å². The van der Waals surface area contributed by atoms with Crippen LogP contribution < -0.4 is 4.74 Å². The number of aromatic nitrogens is 1. The lowest BCUT2D eigenvalue weighted by Crippen LogP contribution is -2.00. The van der Waals surface area contributed by atoms with Gasteiger partial charge in [-0.1, -0.05) is 6.07 Å². The van der Waals surface area contributed by atoms with E-state index in [9.17, 15) is 4.79 Å². The molecule has 0 radical (unpaired) electrons. The number of carbonyl (C=O) groups is 1. The van der Waals surface area contributed by atoms with Gasteiger partial charge in [0, 0.05) is 24.2 Å². The standard InChI is InChI=1S/C14H15NO3/c1-10(8-14(16)17)9-15-7-6-11-12(15)4-3-5-13(11)18-2/h3-8H,9H2,1-2H3,(H,16,17)/b10-8+. The van der Waals surface area contributed by atoms with Gasteiger partial charge < -0.3 is 14.4 Å². The highest BCUT2D eigenvalue weighted by atomic mass is 16.5. The van der Waals surface area contributed by atoms with Crippen molar-refractivity contribution in [2.75, 3.05) is 7.11 Å². The molecule has 0 unspecified atom stereocenters. The van der Waals surface area contributed by atoms with Gasteiger partial charge in [-0.05, 0) is 30.7 Å². The molecule has 1 aromatic carbocycles. The topological polar surface area (TPSA) is 51.5 Å². The minimum absolute atomic E-state index is 0.558. The smallest absolute Gasteiger partial charge is 0.328 e. The first kappa shape index (κ1) is 12.2. The highest BCUT2D eigenvalue weighted by molar-refractivity contribution is 5.86. The van der Waals surface area contributed by atoms with E-state index < -0.39 is 5.97 Å². The summed E-state index contributed by atoms with van der Waals surface area (Å²) in [5.74, 6) is -0.0901. The molecule has 0 atom stereocenters. The van der Waals surface area contributed by atoms with Crippen LogP contribution in [-0.4, -0.2) is 22.8 Å². The lowest BCUT2D eigenvalue weighted by atomic mass is 10.2. The van der Waals surface area contributed by atoms with Crippen molar-refractivity contribution in [1.82, 2.24) is 4.57 Å². The molecule has 1 N–H and O–H groups in total. The highest BCUT2D eigenvalue weighted by Crippen LogP contribution is 2.26. The third-order valence-corrected chi connectivity index (χ3v) is 2.78. The zero-order valence-electron chi connectivity index (χ0n) is 10.4. The Kier molecular flexibility index (Phi) is 3.37. The van der Waals surface area contributed by atoms with Crippen LogP contribution in [0.15, 0.2) is 42.1 Å². The molecule has 0 bridgehead atoms. The number of hydrogen-bond donors (Lipinski definition) is 1. The van der Waals surface area contributed by atoms with Crippen molar-refractivity contribution < 1.29 is 14.6 Å². The number of carboxylic acids is 1. The molecule has 0 saturated carbocycles. The number of carboxylic acid groups (broad SMARTS) is 1. The Hall–Kier alpha value is -2.23. The van der Waals surface area contributed by atoms with Gasteiger partial charge in [0.2, 0.25) is 0 Å². The van der Waals surface area contributed by atoms with E-state index in [2.05, 4.69) is 0 Å². The van der Waals surface area contributed by atoms with Crippen molar-refractivity contribution >= 4 is 16.9 Å². The van der Waals surface area contributed by atoms with Gasteiger partial charge in [-0.15, -0.1) is 0 Å². The molecule has 0 aliphatic heterocycles. The summed E-state index contributed by atoms with van der Waals surface area (Å²) in [6.07, 6.45) is 3.17. The molecule has 1 aromatic heterocycles. The molecule has 0 aliphatic rings. The Bertz CT molecular complexity index is 611. The fraction of sp³-hybridized carbons (Fsp3) is 0.214.